The van der Waals surface area contributed by atoms with Crippen molar-refractivity contribution in [3.05, 3.63) is 87.4 Å². The van der Waals surface area contributed by atoms with Crippen LogP contribution in [0, 0.1) is 5.82 Å². The highest BCUT2D eigenvalue weighted by molar-refractivity contribution is 7.17. The molecule has 0 atom stereocenters. The molecular formula is C24H21FN2O3S. The molecule has 0 bridgehead atoms. The fourth-order valence-electron chi connectivity index (χ4n) is 3.72. The fourth-order valence-corrected chi connectivity index (χ4v) is 4.60. The first-order valence-electron chi connectivity index (χ1n) is 9.66. The van der Waals surface area contributed by atoms with Crippen LogP contribution < -0.4 is 10.3 Å². The van der Waals surface area contributed by atoms with Gasteiger partial charge >= 0.3 is 0 Å². The summed E-state index contributed by atoms with van der Waals surface area (Å²) >= 11 is 1.33. The van der Waals surface area contributed by atoms with E-state index in [0.717, 1.165) is 5.56 Å². The molecule has 0 aliphatic carbocycles. The van der Waals surface area contributed by atoms with Gasteiger partial charge in [-0.3, -0.25) is 9.59 Å². The monoisotopic (exact) mass is 436 g/mol. The number of pyridine rings is 1. The van der Waals surface area contributed by atoms with E-state index in [1.54, 1.807) is 38.2 Å². The zero-order chi connectivity index (χ0) is 22.1. The summed E-state index contributed by atoms with van der Waals surface area (Å²) < 4.78 is 20.9. The van der Waals surface area contributed by atoms with Crippen LogP contribution in [0.1, 0.15) is 16.1 Å². The maximum atomic E-state index is 13.6. The second kappa shape index (κ2) is 8.35. The van der Waals surface area contributed by atoms with Crippen LogP contribution in [-0.4, -0.2) is 29.5 Å². The summed E-state index contributed by atoms with van der Waals surface area (Å²) in [6, 6.07) is 15.3. The van der Waals surface area contributed by atoms with Gasteiger partial charge in [-0.1, -0.05) is 30.3 Å². The number of carbonyl (C=O) groups is 1. The molecule has 2 aromatic carbocycles. The van der Waals surface area contributed by atoms with Crippen molar-refractivity contribution in [2.45, 2.75) is 6.54 Å². The molecule has 0 unspecified atom stereocenters. The Kier molecular flexibility index (Phi) is 5.61. The number of para-hydroxylation sites is 1. The minimum Gasteiger partial charge on any atom is -0.496 e. The van der Waals surface area contributed by atoms with Gasteiger partial charge < -0.3 is 14.2 Å². The Bertz CT molecular complexity index is 1330. The molecule has 2 heterocycles. The van der Waals surface area contributed by atoms with Crippen molar-refractivity contribution in [3.63, 3.8) is 0 Å². The largest absolute Gasteiger partial charge is 0.496 e. The quantitative estimate of drug-likeness (QED) is 0.456. The minimum absolute atomic E-state index is 0.232. The number of aromatic nitrogens is 1. The number of benzene rings is 2. The number of halogens is 1. The van der Waals surface area contributed by atoms with Crippen molar-refractivity contribution < 1.29 is 13.9 Å². The molecule has 0 saturated carbocycles. The van der Waals surface area contributed by atoms with E-state index in [2.05, 4.69) is 0 Å². The van der Waals surface area contributed by atoms with Crippen LogP contribution in [0.25, 0.3) is 21.2 Å². The van der Waals surface area contributed by atoms with Gasteiger partial charge in [0.1, 0.15) is 22.0 Å². The number of fused-ring (bicyclic) bond motifs is 1. The third kappa shape index (κ3) is 3.72. The molecule has 5 nitrogen and oxygen atoms in total. The molecule has 2 aromatic heterocycles. The average Bonchev–Trinajstić information content (AvgIpc) is 3.26. The summed E-state index contributed by atoms with van der Waals surface area (Å²) in [4.78, 5) is 28.1. The van der Waals surface area contributed by atoms with E-state index in [9.17, 15) is 14.0 Å². The van der Waals surface area contributed by atoms with Crippen molar-refractivity contribution in [3.8, 4) is 16.9 Å². The van der Waals surface area contributed by atoms with Gasteiger partial charge in [-0.05, 0) is 35.2 Å². The Morgan fingerprint density at radius 3 is 2.55 bits per heavy atom. The van der Waals surface area contributed by atoms with Crippen LogP contribution in [0.4, 0.5) is 4.39 Å². The molecule has 0 radical (unpaired) electrons. The highest BCUT2D eigenvalue weighted by atomic mass is 32.1. The first kappa shape index (κ1) is 20.8. The van der Waals surface area contributed by atoms with E-state index in [4.69, 9.17) is 4.74 Å². The van der Waals surface area contributed by atoms with Gasteiger partial charge in [-0.25, -0.2) is 4.39 Å². The molecule has 0 saturated heterocycles. The van der Waals surface area contributed by atoms with Gasteiger partial charge in [0.15, 0.2) is 0 Å². The topological polar surface area (TPSA) is 51.5 Å². The average molecular weight is 437 g/mol. The number of hydrogen-bond donors (Lipinski definition) is 0. The number of carbonyl (C=O) groups excluding carboxylic acids is 1. The van der Waals surface area contributed by atoms with Gasteiger partial charge in [-0.15, -0.1) is 11.3 Å². The molecule has 0 aliphatic heterocycles. The number of nitrogens with zero attached hydrogens (tertiary/aromatic N) is 2. The minimum atomic E-state index is -0.365. The highest BCUT2D eigenvalue weighted by Gasteiger charge is 2.25. The van der Waals surface area contributed by atoms with E-state index in [1.165, 1.54) is 28.0 Å². The summed E-state index contributed by atoms with van der Waals surface area (Å²) in [6.07, 6.45) is 0. The maximum Gasteiger partial charge on any atom is 0.271 e. The second-order valence-corrected chi connectivity index (χ2v) is 8.15. The molecule has 158 valence electrons. The Hall–Kier alpha value is -3.45. The summed E-state index contributed by atoms with van der Waals surface area (Å²) in [6.45, 7) is 0.307. The Morgan fingerprint density at radius 2 is 1.84 bits per heavy atom. The molecule has 1 amide bonds. The summed E-state index contributed by atoms with van der Waals surface area (Å²) in [5.74, 6) is 0.0114. The predicted molar refractivity (Wildman–Crippen MR) is 121 cm³/mol. The smallest absolute Gasteiger partial charge is 0.271 e. The number of thiophene rings is 1. The number of amides is 1. The third-order valence-electron chi connectivity index (χ3n) is 5.29. The lowest BCUT2D eigenvalue weighted by molar-refractivity contribution is 0.0774. The van der Waals surface area contributed by atoms with E-state index < -0.39 is 0 Å². The van der Waals surface area contributed by atoms with Crippen molar-refractivity contribution in [1.82, 2.24) is 9.47 Å². The van der Waals surface area contributed by atoms with Gasteiger partial charge in [0.25, 0.3) is 11.5 Å². The number of methoxy groups -OCH3 is 1. The zero-order valence-corrected chi connectivity index (χ0v) is 18.2. The van der Waals surface area contributed by atoms with Crippen molar-refractivity contribution in [2.75, 3.05) is 14.2 Å². The van der Waals surface area contributed by atoms with Gasteiger partial charge in [0.2, 0.25) is 0 Å². The first-order valence-corrected chi connectivity index (χ1v) is 10.5. The Morgan fingerprint density at radius 1 is 1.13 bits per heavy atom. The highest BCUT2D eigenvalue weighted by Crippen LogP contribution is 2.34. The van der Waals surface area contributed by atoms with Crippen molar-refractivity contribution >= 4 is 27.3 Å². The van der Waals surface area contributed by atoms with Gasteiger partial charge in [-0.2, -0.15) is 0 Å². The van der Waals surface area contributed by atoms with Crippen LogP contribution >= 0.6 is 11.3 Å². The number of rotatable bonds is 5. The first-order chi connectivity index (χ1) is 14.9. The standard InChI is InChI=1S/C24H21FN2O3S/c1-26(14-16-6-4-5-7-19(16)30-3)23(28)21-20(15-8-10-17(25)11-9-15)18-12-13-31-22(18)24(29)27(21)2/h4-13H,14H2,1-3H3. The summed E-state index contributed by atoms with van der Waals surface area (Å²) in [7, 11) is 4.87. The summed E-state index contributed by atoms with van der Waals surface area (Å²) in [5, 5.41) is 2.51. The third-order valence-corrected chi connectivity index (χ3v) is 6.19. The molecule has 31 heavy (non-hydrogen) atoms. The fraction of sp³-hybridized carbons (Fsp3) is 0.167. The van der Waals surface area contributed by atoms with E-state index in [0.29, 0.717) is 33.5 Å². The lowest BCUT2D eigenvalue weighted by Gasteiger charge is -2.22. The summed E-state index contributed by atoms with van der Waals surface area (Å²) in [5.41, 5.74) is 2.18. The van der Waals surface area contributed by atoms with Gasteiger partial charge in [0.05, 0.1) is 7.11 Å². The number of ether oxygens (including phenoxy) is 1. The molecule has 4 aromatic rings. The van der Waals surface area contributed by atoms with Crippen molar-refractivity contribution in [1.29, 1.82) is 0 Å². The van der Waals surface area contributed by atoms with E-state index in [-0.39, 0.29) is 23.0 Å². The van der Waals surface area contributed by atoms with Crippen LogP contribution in [0.2, 0.25) is 0 Å². The zero-order valence-electron chi connectivity index (χ0n) is 17.4. The lowest BCUT2D eigenvalue weighted by Crippen LogP contribution is -2.33. The van der Waals surface area contributed by atoms with E-state index >= 15 is 0 Å². The number of hydrogen-bond acceptors (Lipinski definition) is 4. The Labute approximate surface area is 182 Å². The van der Waals surface area contributed by atoms with Gasteiger partial charge in [0, 0.05) is 37.2 Å². The van der Waals surface area contributed by atoms with Crippen LogP contribution in [0.5, 0.6) is 5.75 Å². The van der Waals surface area contributed by atoms with Crippen LogP contribution in [0.15, 0.2) is 64.8 Å². The van der Waals surface area contributed by atoms with Crippen molar-refractivity contribution in [2.24, 2.45) is 7.05 Å². The molecule has 4 rings (SSSR count). The molecule has 7 heteroatoms. The molecule has 0 fully saturated rings. The normalized spacial score (nSPS) is 11.0. The molecule has 0 spiro atoms. The molecular weight excluding hydrogens is 415 g/mol. The van der Waals surface area contributed by atoms with Crippen LogP contribution in [0.3, 0.4) is 0 Å². The second-order valence-electron chi connectivity index (χ2n) is 7.23. The predicted octanol–water partition coefficient (Wildman–Crippen LogP) is 4.69. The lowest BCUT2D eigenvalue weighted by atomic mass is 9.99. The maximum absolute atomic E-state index is 13.6. The SMILES string of the molecule is COc1ccccc1CN(C)C(=O)c1c(-c2ccc(F)cc2)c2ccsc2c(=O)n1C. The molecule has 0 N–H and O–H groups in total. The Balaban J connectivity index is 1.87. The van der Waals surface area contributed by atoms with E-state index in [1.807, 2.05) is 35.7 Å². The molecule has 0 aliphatic rings. The van der Waals surface area contributed by atoms with Crippen LogP contribution in [-0.2, 0) is 13.6 Å².